The first-order valence-corrected chi connectivity index (χ1v) is 11.8. The topological polar surface area (TPSA) is 109 Å². The van der Waals surface area contributed by atoms with Gasteiger partial charge >= 0.3 is 6.03 Å². The maximum absolute atomic E-state index is 12.6. The molecule has 1 unspecified atom stereocenters. The van der Waals surface area contributed by atoms with E-state index in [1.807, 2.05) is 30.3 Å². The van der Waals surface area contributed by atoms with Crippen LogP contribution >= 0.6 is 0 Å². The SMILES string of the molecule is CCS(=O)(=O)N1CC(c2nc(C)no2)C2(CN(C(=O)NCCc3ccccc3)C2)C1. The van der Waals surface area contributed by atoms with Crippen LogP contribution in [0.5, 0.6) is 0 Å². The first-order chi connectivity index (χ1) is 14.3. The molecule has 1 atom stereocenters. The van der Waals surface area contributed by atoms with Crippen molar-refractivity contribution < 1.29 is 17.7 Å². The van der Waals surface area contributed by atoms with Crippen molar-refractivity contribution in [2.45, 2.75) is 26.2 Å². The molecule has 0 saturated carbocycles. The number of sulfonamides is 1. The summed E-state index contributed by atoms with van der Waals surface area (Å²) in [7, 11) is -3.34. The zero-order valence-corrected chi connectivity index (χ0v) is 18.1. The van der Waals surface area contributed by atoms with E-state index in [9.17, 15) is 13.2 Å². The standard InChI is InChI=1S/C20H27N5O4S/c1-3-30(27,28)25-11-17(18-22-15(2)23-29-18)20(14-25)12-24(13-20)19(26)21-10-9-16-7-5-4-6-8-16/h4-8,17H,3,9-14H2,1-2H3,(H,21,26). The summed E-state index contributed by atoms with van der Waals surface area (Å²) in [6.07, 6.45) is 0.762. The lowest BCUT2D eigenvalue weighted by Crippen LogP contribution is -2.63. The minimum absolute atomic E-state index is 0.0440. The largest absolute Gasteiger partial charge is 0.339 e. The predicted octanol–water partition coefficient (Wildman–Crippen LogP) is 1.38. The quantitative estimate of drug-likeness (QED) is 0.737. The second kappa shape index (κ2) is 7.99. The van der Waals surface area contributed by atoms with Crippen LogP contribution in [0.2, 0.25) is 0 Å². The van der Waals surface area contributed by atoms with E-state index in [4.69, 9.17) is 4.52 Å². The van der Waals surface area contributed by atoms with E-state index in [0.29, 0.717) is 44.4 Å². The van der Waals surface area contributed by atoms with Gasteiger partial charge in [-0.25, -0.2) is 17.5 Å². The molecule has 1 aromatic carbocycles. The third-order valence-corrected chi connectivity index (χ3v) is 7.84. The van der Waals surface area contributed by atoms with E-state index in [-0.39, 0.29) is 17.7 Å². The fraction of sp³-hybridized carbons (Fsp3) is 0.550. The summed E-state index contributed by atoms with van der Waals surface area (Å²) < 4.78 is 31.8. The van der Waals surface area contributed by atoms with E-state index in [1.54, 1.807) is 18.7 Å². The first kappa shape index (κ1) is 20.8. The minimum atomic E-state index is -3.34. The molecule has 1 aromatic heterocycles. The summed E-state index contributed by atoms with van der Waals surface area (Å²) in [5.41, 5.74) is 0.777. The van der Waals surface area contributed by atoms with Crippen molar-refractivity contribution in [3.05, 3.63) is 47.6 Å². The molecule has 9 nitrogen and oxygen atoms in total. The lowest BCUT2D eigenvalue weighted by atomic mass is 9.71. The minimum Gasteiger partial charge on any atom is -0.339 e. The highest BCUT2D eigenvalue weighted by Crippen LogP contribution is 2.49. The molecule has 1 N–H and O–H groups in total. The summed E-state index contributed by atoms with van der Waals surface area (Å²) >= 11 is 0. The zero-order chi connectivity index (χ0) is 21.4. The van der Waals surface area contributed by atoms with Crippen molar-refractivity contribution in [3.8, 4) is 0 Å². The molecule has 0 aliphatic carbocycles. The van der Waals surface area contributed by atoms with Crippen molar-refractivity contribution in [2.24, 2.45) is 5.41 Å². The molecule has 2 aliphatic heterocycles. The molecule has 30 heavy (non-hydrogen) atoms. The van der Waals surface area contributed by atoms with Crippen LogP contribution in [0.4, 0.5) is 4.79 Å². The number of nitrogens with one attached hydrogen (secondary N) is 1. The Morgan fingerprint density at radius 3 is 2.63 bits per heavy atom. The second-order valence-electron chi connectivity index (χ2n) is 8.11. The Balaban J connectivity index is 1.40. The molecule has 2 fully saturated rings. The predicted molar refractivity (Wildman–Crippen MR) is 110 cm³/mol. The third-order valence-electron chi connectivity index (χ3n) is 6.05. The molecule has 4 rings (SSSR count). The number of hydrogen-bond acceptors (Lipinski definition) is 6. The molecular formula is C20H27N5O4S. The number of aryl methyl sites for hydroxylation is 1. The number of hydrogen-bond donors (Lipinski definition) is 1. The summed E-state index contributed by atoms with van der Waals surface area (Å²) in [6.45, 7) is 5.53. The fourth-order valence-corrected chi connectivity index (χ4v) is 5.56. The number of aromatic nitrogens is 2. The van der Waals surface area contributed by atoms with Crippen molar-refractivity contribution in [3.63, 3.8) is 0 Å². The van der Waals surface area contributed by atoms with Gasteiger partial charge in [0.25, 0.3) is 0 Å². The van der Waals surface area contributed by atoms with Crippen LogP contribution < -0.4 is 5.32 Å². The van der Waals surface area contributed by atoms with Crippen LogP contribution in [-0.4, -0.2) is 72.3 Å². The molecule has 2 amide bonds. The van der Waals surface area contributed by atoms with Gasteiger partial charge in [-0.1, -0.05) is 35.5 Å². The lowest BCUT2D eigenvalue weighted by molar-refractivity contribution is 0.0242. The molecule has 2 aromatic rings. The number of benzene rings is 1. The molecule has 2 aliphatic rings. The van der Waals surface area contributed by atoms with Crippen LogP contribution in [0.3, 0.4) is 0 Å². The summed E-state index contributed by atoms with van der Waals surface area (Å²) in [6, 6.07) is 9.85. The Hall–Kier alpha value is -2.46. The van der Waals surface area contributed by atoms with Crippen LogP contribution in [-0.2, 0) is 16.4 Å². The lowest BCUT2D eigenvalue weighted by Gasteiger charge is -2.49. The van der Waals surface area contributed by atoms with Gasteiger partial charge in [0.15, 0.2) is 5.82 Å². The summed E-state index contributed by atoms with van der Waals surface area (Å²) in [5, 5.41) is 6.82. The maximum atomic E-state index is 12.6. The Morgan fingerprint density at radius 1 is 1.27 bits per heavy atom. The van der Waals surface area contributed by atoms with Crippen LogP contribution in [0.1, 0.15) is 30.1 Å². The van der Waals surface area contributed by atoms with Gasteiger partial charge in [0.1, 0.15) is 0 Å². The van der Waals surface area contributed by atoms with Gasteiger partial charge in [0.05, 0.1) is 11.7 Å². The highest BCUT2D eigenvalue weighted by molar-refractivity contribution is 7.89. The number of urea groups is 1. The van der Waals surface area contributed by atoms with Gasteiger partial charge < -0.3 is 14.7 Å². The summed E-state index contributed by atoms with van der Waals surface area (Å²) in [5.74, 6) is 0.799. The smallest absolute Gasteiger partial charge is 0.317 e. The van der Waals surface area contributed by atoms with E-state index in [2.05, 4.69) is 15.5 Å². The first-order valence-electron chi connectivity index (χ1n) is 10.2. The molecule has 3 heterocycles. The maximum Gasteiger partial charge on any atom is 0.317 e. The molecule has 162 valence electrons. The highest BCUT2D eigenvalue weighted by atomic mass is 32.2. The van der Waals surface area contributed by atoms with E-state index < -0.39 is 15.4 Å². The Morgan fingerprint density at radius 2 is 2.00 bits per heavy atom. The number of amides is 2. The molecular weight excluding hydrogens is 406 g/mol. The van der Waals surface area contributed by atoms with Crippen molar-refractivity contribution in [1.82, 2.24) is 24.7 Å². The van der Waals surface area contributed by atoms with Crippen LogP contribution in [0.15, 0.2) is 34.9 Å². The molecule has 1 spiro atoms. The third kappa shape index (κ3) is 3.93. The number of likely N-dealkylation sites (tertiary alicyclic amines) is 1. The average Bonchev–Trinajstić information content (AvgIpc) is 3.31. The van der Waals surface area contributed by atoms with E-state index in [0.717, 1.165) is 6.42 Å². The number of carbonyl (C=O) groups is 1. The Kier molecular flexibility index (Phi) is 5.54. The zero-order valence-electron chi connectivity index (χ0n) is 17.2. The Bertz CT molecular complexity index is 1000. The Labute approximate surface area is 176 Å². The molecule has 0 bridgehead atoms. The second-order valence-corrected chi connectivity index (χ2v) is 10.4. The van der Waals surface area contributed by atoms with Crippen LogP contribution in [0, 0.1) is 12.3 Å². The van der Waals surface area contributed by atoms with Crippen LogP contribution in [0.25, 0.3) is 0 Å². The number of rotatable bonds is 6. The van der Waals surface area contributed by atoms with Crippen molar-refractivity contribution in [1.29, 1.82) is 0 Å². The highest BCUT2D eigenvalue weighted by Gasteiger charge is 2.59. The van der Waals surface area contributed by atoms with Gasteiger partial charge in [-0.05, 0) is 25.8 Å². The summed E-state index contributed by atoms with van der Waals surface area (Å²) in [4.78, 5) is 18.6. The fourth-order valence-electron chi connectivity index (χ4n) is 4.36. The van der Waals surface area contributed by atoms with Gasteiger partial charge in [-0.2, -0.15) is 4.98 Å². The van der Waals surface area contributed by atoms with Gasteiger partial charge in [-0.15, -0.1) is 0 Å². The van der Waals surface area contributed by atoms with Gasteiger partial charge in [0.2, 0.25) is 15.9 Å². The average molecular weight is 434 g/mol. The van der Waals surface area contributed by atoms with Gasteiger partial charge in [0, 0.05) is 38.1 Å². The van der Waals surface area contributed by atoms with Crippen molar-refractivity contribution >= 4 is 16.1 Å². The van der Waals surface area contributed by atoms with Crippen molar-refractivity contribution in [2.75, 3.05) is 38.5 Å². The van der Waals surface area contributed by atoms with E-state index >= 15 is 0 Å². The monoisotopic (exact) mass is 433 g/mol. The number of nitrogens with zero attached hydrogens (tertiary/aromatic N) is 4. The molecule has 0 radical (unpaired) electrons. The normalized spacial score (nSPS) is 21.0. The number of carbonyl (C=O) groups excluding carboxylic acids is 1. The van der Waals surface area contributed by atoms with Gasteiger partial charge in [-0.3, -0.25) is 0 Å². The molecule has 10 heteroatoms. The molecule has 2 saturated heterocycles. The van der Waals surface area contributed by atoms with E-state index in [1.165, 1.54) is 9.87 Å².